The van der Waals surface area contributed by atoms with Gasteiger partial charge in [-0.05, 0) is 31.2 Å². The molecule has 0 radical (unpaired) electrons. The van der Waals surface area contributed by atoms with Crippen LogP contribution in [0, 0.1) is 12.3 Å². The molecule has 0 unspecified atom stereocenters. The van der Waals surface area contributed by atoms with Crippen LogP contribution in [0.3, 0.4) is 0 Å². The monoisotopic (exact) mass is 486 g/mol. The van der Waals surface area contributed by atoms with E-state index in [2.05, 4.69) is 27.3 Å². The Morgan fingerprint density at radius 3 is 2.43 bits per heavy atom. The molecular formula is C27H27ClN6O. The normalized spacial score (nSPS) is 15.3. The zero-order valence-electron chi connectivity index (χ0n) is 20.5. The van der Waals surface area contributed by atoms with E-state index in [0.717, 1.165) is 39.6 Å². The number of aromatic nitrogens is 5. The first-order valence-electron chi connectivity index (χ1n) is 11.5. The van der Waals surface area contributed by atoms with Crippen LogP contribution in [0.1, 0.15) is 56.0 Å². The maximum absolute atomic E-state index is 13.1. The summed E-state index contributed by atoms with van der Waals surface area (Å²) >= 11 is 6.20. The summed E-state index contributed by atoms with van der Waals surface area (Å²) in [7, 11) is 1.95. The number of fused-ring (bicyclic) bond motifs is 3. The molecule has 2 aromatic carbocycles. The standard InChI is InChI=1S/C27H27ClN6O/c1-16-31-32-26-21(13-24(35)27(2,3)4)30-25(17-6-9-19(28)10-7-17)20-12-18(8-11-23(20)34(16)26)22-14-33(5)15-29-22/h6-12,14-15,21H,13H2,1-5H3/t21-/m0/s1. The Labute approximate surface area is 209 Å². The van der Waals surface area contributed by atoms with E-state index in [9.17, 15) is 4.79 Å². The molecule has 35 heavy (non-hydrogen) atoms. The van der Waals surface area contributed by atoms with Crippen molar-refractivity contribution in [2.24, 2.45) is 17.5 Å². The Bertz CT molecular complexity index is 1460. The van der Waals surface area contributed by atoms with Crippen LogP contribution in [0.4, 0.5) is 0 Å². The molecular weight excluding hydrogens is 460 g/mol. The van der Waals surface area contributed by atoms with Gasteiger partial charge in [0.1, 0.15) is 17.6 Å². The highest BCUT2D eigenvalue weighted by molar-refractivity contribution is 6.30. The highest BCUT2D eigenvalue weighted by atomic mass is 35.5. The molecule has 8 heteroatoms. The average molecular weight is 487 g/mol. The molecule has 7 nitrogen and oxygen atoms in total. The molecule has 178 valence electrons. The van der Waals surface area contributed by atoms with Crippen molar-refractivity contribution >= 4 is 23.1 Å². The zero-order chi connectivity index (χ0) is 24.9. The van der Waals surface area contributed by atoms with E-state index in [4.69, 9.17) is 16.6 Å². The third-order valence-electron chi connectivity index (χ3n) is 6.26. The van der Waals surface area contributed by atoms with Gasteiger partial charge in [0, 0.05) is 46.8 Å². The molecule has 0 aliphatic carbocycles. The number of aliphatic imine (C=N–C) groups is 1. The molecule has 0 saturated carbocycles. The lowest BCUT2D eigenvalue weighted by atomic mass is 9.87. The number of carbonyl (C=O) groups excluding carboxylic acids is 1. The molecule has 4 aromatic rings. The molecule has 1 atom stereocenters. The van der Waals surface area contributed by atoms with Crippen molar-refractivity contribution in [1.82, 2.24) is 24.3 Å². The lowest BCUT2D eigenvalue weighted by Crippen LogP contribution is -2.23. The fraction of sp³-hybridized carbons (Fsp3) is 0.296. The van der Waals surface area contributed by atoms with Gasteiger partial charge in [-0.1, -0.05) is 50.6 Å². The van der Waals surface area contributed by atoms with Crippen LogP contribution < -0.4 is 0 Å². The van der Waals surface area contributed by atoms with Crippen LogP contribution in [-0.2, 0) is 11.8 Å². The summed E-state index contributed by atoms with van der Waals surface area (Å²) in [5, 5.41) is 9.48. The Hall–Kier alpha value is -3.58. The Kier molecular flexibility index (Phi) is 5.68. The number of nitrogens with zero attached hydrogens (tertiary/aromatic N) is 6. The summed E-state index contributed by atoms with van der Waals surface area (Å²) in [4.78, 5) is 22.8. The molecule has 0 saturated heterocycles. The lowest BCUT2D eigenvalue weighted by molar-refractivity contribution is -0.126. The number of halogens is 1. The van der Waals surface area contributed by atoms with Gasteiger partial charge in [0.25, 0.3) is 0 Å². The van der Waals surface area contributed by atoms with Crippen LogP contribution in [0.25, 0.3) is 16.9 Å². The Morgan fingerprint density at radius 1 is 1.06 bits per heavy atom. The van der Waals surface area contributed by atoms with Gasteiger partial charge in [0.15, 0.2) is 5.82 Å². The lowest BCUT2D eigenvalue weighted by Gasteiger charge is -2.19. The fourth-order valence-electron chi connectivity index (χ4n) is 4.27. The first-order valence-corrected chi connectivity index (χ1v) is 11.9. The number of ketones is 1. The van der Waals surface area contributed by atoms with Crippen molar-refractivity contribution in [2.75, 3.05) is 0 Å². The number of hydrogen-bond acceptors (Lipinski definition) is 5. The van der Waals surface area contributed by atoms with Crippen molar-refractivity contribution in [3.8, 4) is 16.9 Å². The van der Waals surface area contributed by atoms with E-state index in [0.29, 0.717) is 10.8 Å². The van der Waals surface area contributed by atoms with Crippen LogP contribution in [0.2, 0.25) is 5.02 Å². The third kappa shape index (κ3) is 4.32. The van der Waals surface area contributed by atoms with Crippen LogP contribution >= 0.6 is 11.6 Å². The molecule has 2 aromatic heterocycles. The molecule has 3 heterocycles. The predicted octanol–water partition coefficient (Wildman–Crippen LogP) is 5.53. The fourth-order valence-corrected chi connectivity index (χ4v) is 4.40. The minimum atomic E-state index is -0.485. The number of rotatable bonds is 4. The van der Waals surface area contributed by atoms with Gasteiger partial charge < -0.3 is 4.57 Å². The summed E-state index contributed by atoms with van der Waals surface area (Å²) in [5.41, 5.74) is 4.90. The number of carbonyl (C=O) groups is 1. The maximum Gasteiger partial charge on any atom is 0.162 e. The van der Waals surface area contributed by atoms with Gasteiger partial charge >= 0.3 is 0 Å². The van der Waals surface area contributed by atoms with Crippen molar-refractivity contribution in [1.29, 1.82) is 0 Å². The molecule has 0 amide bonds. The minimum absolute atomic E-state index is 0.119. The van der Waals surface area contributed by atoms with E-state index >= 15 is 0 Å². The first kappa shape index (κ1) is 23.2. The molecule has 5 rings (SSSR count). The predicted molar refractivity (Wildman–Crippen MR) is 137 cm³/mol. The minimum Gasteiger partial charge on any atom is -0.340 e. The second kappa shape index (κ2) is 8.57. The van der Waals surface area contributed by atoms with Gasteiger partial charge in [-0.15, -0.1) is 10.2 Å². The SMILES string of the molecule is Cc1nnc2n1-c1ccc(-c3cn(C)cn3)cc1C(c1ccc(Cl)cc1)=N[C@H]2CC(=O)C(C)(C)C. The van der Waals surface area contributed by atoms with E-state index in [1.165, 1.54) is 0 Å². The first-order chi connectivity index (χ1) is 16.6. The summed E-state index contributed by atoms with van der Waals surface area (Å²) in [5.74, 6) is 1.53. The topological polar surface area (TPSA) is 78.0 Å². The second-order valence-corrected chi connectivity index (χ2v) is 10.4. The molecule has 1 aliphatic rings. The number of Topliss-reactive ketones (excluding diaryl/α,β-unsaturated/α-hetero) is 1. The summed E-state index contributed by atoms with van der Waals surface area (Å²) < 4.78 is 3.94. The molecule has 0 bridgehead atoms. The number of imidazole rings is 1. The summed E-state index contributed by atoms with van der Waals surface area (Å²) in [6.45, 7) is 7.71. The summed E-state index contributed by atoms with van der Waals surface area (Å²) in [6.07, 6.45) is 4.00. The van der Waals surface area contributed by atoms with Crippen LogP contribution in [0.15, 0.2) is 60.0 Å². The molecule has 0 spiro atoms. The Morgan fingerprint density at radius 2 is 1.77 bits per heavy atom. The Balaban J connectivity index is 1.76. The van der Waals surface area contributed by atoms with E-state index in [-0.39, 0.29) is 12.2 Å². The van der Waals surface area contributed by atoms with Crippen molar-refractivity contribution < 1.29 is 4.79 Å². The number of benzene rings is 2. The highest BCUT2D eigenvalue weighted by Crippen LogP contribution is 2.36. The van der Waals surface area contributed by atoms with Gasteiger partial charge in [-0.2, -0.15) is 0 Å². The molecule has 0 N–H and O–H groups in total. The molecule has 1 aliphatic heterocycles. The quantitative estimate of drug-likeness (QED) is 0.380. The molecule has 0 fully saturated rings. The van der Waals surface area contributed by atoms with E-state index in [1.807, 2.05) is 80.4 Å². The van der Waals surface area contributed by atoms with E-state index < -0.39 is 11.5 Å². The van der Waals surface area contributed by atoms with Crippen LogP contribution in [0.5, 0.6) is 0 Å². The highest BCUT2D eigenvalue weighted by Gasteiger charge is 2.32. The third-order valence-corrected chi connectivity index (χ3v) is 6.51. The van der Waals surface area contributed by atoms with Crippen molar-refractivity contribution in [3.05, 3.63) is 82.8 Å². The van der Waals surface area contributed by atoms with E-state index in [1.54, 1.807) is 6.33 Å². The average Bonchev–Trinajstić information content (AvgIpc) is 3.38. The smallest absolute Gasteiger partial charge is 0.162 e. The van der Waals surface area contributed by atoms with Gasteiger partial charge in [-0.3, -0.25) is 14.4 Å². The maximum atomic E-state index is 13.1. The number of hydrogen-bond donors (Lipinski definition) is 0. The van der Waals surface area contributed by atoms with Gasteiger partial charge in [-0.25, -0.2) is 4.98 Å². The number of aryl methyl sites for hydroxylation is 2. The zero-order valence-corrected chi connectivity index (χ0v) is 21.2. The van der Waals surface area contributed by atoms with Crippen molar-refractivity contribution in [3.63, 3.8) is 0 Å². The van der Waals surface area contributed by atoms with Crippen molar-refractivity contribution in [2.45, 2.75) is 40.2 Å². The van der Waals surface area contributed by atoms with Crippen LogP contribution in [-0.4, -0.2) is 35.8 Å². The summed E-state index contributed by atoms with van der Waals surface area (Å²) in [6, 6.07) is 13.4. The largest absolute Gasteiger partial charge is 0.340 e. The second-order valence-electron chi connectivity index (χ2n) is 9.97. The van der Waals surface area contributed by atoms with Gasteiger partial charge in [0.05, 0.1) is 23.4 Å². The van der Waals surface area contributed by atoms with Gasteiger partial charge in [0.2, 0.25) is 0 Å².